The fourth-order valence-electron chi connectivity index (χ4n) is 1.11. The Morgan fingerprint density at radius 3 is 2.76 bits per heavy atom. The van der Waals surface area contributed by atoms with Crippen LogP contribution >= 0.6 is 0 Å². The molecule has 1 rings (SSSR count). The first-order valence-electron chi connectivity index (χ1n) is 4.87. The summed E-state index contributed by atoms with van der Waals surface area (Å²) in [6.45, 7) is 1.59. The van der Waals surface area contributed by atoms with Crippen LogP contribution in [0, 0.1) is 11.8 Å². The van der Waals surface area contributed by atoms with E-state index < -0.39 is 5.97 Å². The molecule has 0 radical (unpaired) electrons. The van der Waals surface area contributed by atoms with E-state index in [2.05, 4.69) is 17.2 Å². The third-order valence-electron chi connectivity index (χ3n) is 1.95. The van der Waals surface area contributed by atoms with E-state index in [1.807, 2.05) is 0 Å². The molecule has 1 aromatic rings. The van der Waals surface area contributed by atoms with Gasteiger partial charge in [-0.25, -0.2) is 4.79 Å². The highest BCUT2D eigenvalue weighted by atomic mass is 16.4. The largest absolute Gasteiger partial charge is 0.478 e. The van der Waals surface area contributed by atoms with Gasteiger partial charge in [0.15, 0.2) is 0 Å². The molecule has 0 fully saturated rings. The van der Waals surface area contributed by atoms with Gasteiger partial charge in [0.05, 0.1) is 12.1 Å². The summed E-state index contributed by atoms with van der Waals surface area (Å²) in [4.78, 5) is 21.3. The SMILES string of the molecule is CC(=O)NCC#Cc1cc(C(=O)O)ccc1N. The minimum Gasteiger partial charge on any atom is -0.478 e. The van der Waals surface area contributed by atoms with Crippen LogP contribution in [-0.2, 0) is 4.79 Å². The summed E-state index contributed by atoms with van der Waals surface area (Å²) < 4.78 is 0. The quantitative estimate of drug-likeness (QED) is 0.510. The zero-order valence-corrected chi connectivity index (χ0v) is 9.28. The van der Waals surface area contributed by atoms with Crippen molar-refractivity contribution < 1.29 is 14.7 Å². The highest BCUT2D eigenvalue weighted by molar-refractivity contribution is 5.89. The lowest BCUT2D eigenvalue weighted by molar-refractivity contribution is -0.118. The molecule has 1 amide bonds. The summed E-state index contributed by atoms with van der Waals surface area (Å²) in [6.07, 6.45) is 0. The third kappa shape index (κ3) is 3.87. The number of anilines is 1. The Labute approximate surface area is 98.6 Å². The smallest absolute Gasteiger partial charge is 0.335 e. The van der Waals surface area contributed by atoms with Crippen LogP contribution in [0.2, 0.25) is 0 Å². The number of hydrogen-bond donors (Lipinski definition) is 3. The van der Waals surface area contributed by atoms with Gasteiger partial charge in [-0.05, 0) is 18.2 Å². The van der Waals surface area contributed by atoms with Gasteiger partial charge < -0.3 is 16.2 Å². The van der Waals surface area contributed by atoms with Crippen LogP contribution in [0.15, 0.2) is 18.2 Å². The number of carbonyl (C=O) groups is 2. The second kappa shape index (κ2) is 5.56. The lowest BCUT2D eigenvalue weighted by Crippen LogP contribution is -2.19. The summed E-state index contributed by atoms with van der Waals surface area (Å²) in [5, 5.41) is 11.3. The Kier molecular flexibility index (Phi) is 4.12. The van der Waals surface area contributed by atoms with Gasteiger partial charge in [0, 0.05) is 18.2 Å². The molecule has 5 nitrogen and oxygen atoms in total. The minimum atomic E-state index is -1.03. The number of carbonyl (C=O) groups excluding carboxylic acids is 1. The Bertz CT molecular complexity index is 512. The normalized spacial score (nSPS) is 9.00. The summed E-state index contributed by atoms with van der Waals surface area (Å²) in [5.41, 5.74) is 6.62. The number of nitrogens with one attached hydrogen (secondary N) is 1. The molecule has 88 valence electrons. The highest BCUT2D eigenvalue weighted by Gasteiger charge is 2.04. The predicted octanol–water partition coefficient (Wildman–Crippen LogP) is 0.455. The Hall–Kier alpha value is -2.48. The molecule has 4 N–H and O–H groups in total. The first-order valence-corrected chi connectivity index (χ1v) is 4.87. The maximum atomic E-state index is 10.7. The van der Waals surface area contributed by atoms with Crippen molar-refractivity contribution in [1.29, 1.82) is 0 Å². The number of carboxylic acid groups (broad SMARTS) is 1. The average molecular weight is 232 g/mol. The molecular formula is C12H12N2O3. The average Bonchev–Trinajstić information content (AvgIpc) is 2.25. The predicted molar refractivity (Wildman–Crippen MR) is 63.4 cm³/mol. The number of benzene rings is 1. The molecule has 17 heavy (non-hydrogen) atoms. The van der Waals surface area contributed by atoms with E-state index in [0.29, 0.717) is 11.3 Å². The van der Waals surface area contributed by atoms with E-state index in [0.717, 1.165) is 0 Å². The van der Waals surface area contributed by atoms with Gasteiger partial charge >= 0.3 is 5.97 Å². The van der Waals surface area contributed by atoms with Gasteiger partial charge in [-0.2, -0.15) is 0 Å². The number of carboxylic acids is 1. The van der Waals surface area contributed by atoms with Gasteiger partial charge in [-0.3, -0.25) is 4.79 Å². The second-order valence-corrected chi connectivity index (χ2v) is 3.32. The van der Waals surface area contributed by atoms with Crippen LogP contribution < -0.4 is 11.1 Å². The van der Waals surface area contributed by atoms with Crippen molar-refractivity contribution in [2.75, 3.05) is 12.3 Å². The molecule has 0 spiro atoms. The van der Waals surface area contributed by atoms with Crippen molar-refractivity contribution in [3.63, 3.8) is 0 Å². The molecule has 0 saturated carbocycles. The second-order valence-electron chi connectivity index (χ2n) is 3.32. The first-order chi connectivity index (χ1) is 8.00. The van der Waals surface area contributed by atoms with Crippen LogP contribution in [-0.4, -0.2) is 23.5 Å². The number of rotatable bonds is 2. The van der Waals surface area contributed by atoms with E-state index in [-0.39, 0.29) is 18.0 Å². The van der Waals surface area contributed by atoms with Crippen LogP contribution in [0.1, 0.15) is 22.8 Å². The molecule has 0 aliphatic rings. The molecule has 0 atom stereocenters. The molecule has 0 heterocycles. The van der Waals surface area contributed by atoms with Crippen molar-refractivity contribution >= 4 is 17.6 Å². The van der Waals surface area contributed by atoms with Gasteiger partial charge in [0.25, 0.3) is 0 Å². The van der Waals surface area contributed by atoms with Gasteiger partial charge in [-0.1, -0.05) is 11.8 Å². The number of amides is 1. The third-order valence-corrected chi connectivity index (χ3v) is 1.95. The summed E-state index contributed by atoms with van der Waals surface area (Å²) in [7, 11) is 0. The molecular weight excluding hydrogens is 220 g/mol. The van der Waals surface area contributed by atoms with Crippen LogP contribution in [0.25, 0.3) is 0 Å². The van der Waals surface area contributed by atoms with Gasteiger partial charge in [-0.15, -0.1) is 0 Å². The van der Waals surface area contributed by atoms with Crippen molar-refractivity contribution in [2.24, 2.45) is 0 Å². The maximum Gasteiger partial charge on any atom is 0.335 e. The number of aromatic carboxylic acids is 1. The Balaban J connectivity index is 2.86. The van der Waals surface area contributed by atoms with Crippen LogP contribution in [0.4, 0.5) is 5.69 Å². The lowest BCUT2D eigenvalue weighted by atomic mass is 10.1. The zero-order chi connectivity index (χ0) is 12.8. The number of nitrogens with two attached hydrogens (primary N) is 1. The molecule has 0 aromatic heterocycles. The molecule has 0 saturated heterocycles. The Morgan fingerprint density at radius 1 is 1.47 bits per heavy atom. The van der Waals surface area contributed by atoms with E-state index in [4.69, 9.17) is 10.8 Å². The molecule has 0 aliphatic heterocycles. The van der Waals surface area contributed by atoms with Crippen LogP contribution in [0.3, 0.4) is 0 Å². The maximum absolute atomic E-state index is 10.7. The number of hydrogen-bond acceptors (Lipinski definition) is 3. The summed E-state index contributed by atoms with van der Waals surface area (Å²) in [5.74, 6) is 4.19. The first kappa shape index (κ1) is 12.6. The zero-order valence-electron chi connectivity index (χ0n) is 9.28. The van der Waals surface area contributed by atoms with Gasteiger partial charge in [0.1, 0.15) is 0 Å². The van der Waals surface area contributed by atoms with E-state index >= 15 is 0 Å². The fourth-order valence-corrected chi connectivity index (χ4v) is 1.11. The van der Waals surface area contributed by atoms with Crippen molar-refractivity contribution in [3.8, 4) is 11.8 Å². The molecule has 0 aliphatic carbocycles. The number of nitrogen functional groups attached to an aromatic ring is 1. The van der Waals surface area contributed by atoms with Crippen LogP contribution in [0.5, 0.6) is 0 Å². The van der Waals surface area contributed by atoms with Crippen molar-refractivity contribution in [3.05, 3.63) is 29.3 Å². The van der Waals surface area contributed by atoms with E-state index in [9.17, 15) is 9.59 Å². The molecule has 0 unspecified atom stereocenters. The highest BCUT2D eigenvalue weighted by Crippen LogP contribution is 2.12. The van der Waals surface area contributed by atoms with Crippen molar-refractivity contribution in [1.82, 2.24) is 5.32 Å². The monoisotopic (exact) mass is 232 g/mol. The molecule has 1 aromatic carbocycles. The standard InChI is InChI=1S/C12H12N2O3/c1-8(15)14-6-2-3-9-7-10(12(16)17)4-5-11(9)13/h4-5,7H,6,13H2,1H3,(H,14,15)(H,16,17). The van der Waals surface area contributed by atoms with E-state index in [1.54, 1.807) is 0 Å². The lowest BCUT2D eigenvalue weighted by Gasteiger charge is -2.00. The topological polar surface area (TPSA) is 92.4 Å². The molecule has 5 heteroatoms. The summed E-state index contributed by atoms with van der Waals surface area (Å²) in [6, 6.07) is 4.31. The van der Waals surface area contributed by atoms with E-state index in [1.165, 1.54) is 25.1 Å². The Morgan fingerprint density at radius 2 is 2.18 bits per heavy atom. The minimum absolute atomic E-state index is 0.128. The summed E-state index contributed by atoms with van der Waals surface area (Å²) >= 11 is 0. The fraction of sp³-hybridized carbons (Fsp3) is 0.167. The van der Waals surface area contributed by atoms with Crippen molar-refractivity contribution in [2.45, 2.75) is 6.92 Å². The molecule has 0 bridgehead atoms. The van der Waals surface area contributed by atoms with Gasteiger partial charge in [0.2, 0.25) is 5.91 Å².